The third kappa shape index (κ3) is 3.92. The minimum atomic E-state index is -0.680. The Labute approximate surface area is 112 Å². The van der Waals surface area contributed by atoms with E-state index in [1.54, 1.807) is 0 Å². The molecule has 1 aromatic carbocycles. The average Bonchev–Trinajstić information content (AvgIpc) is 2.32. The lowest BCUT2D eigenvalue weighted by Gasteiger charge is -2.10. The molecule has 0 aliphatic heterocycles. The zero-order valence-corrected chi connectivity index (χ0v) is 11.4. The van der Waals surface area contributed by atoms with Gasteiger partial charge in [-0.2, -0.15) is 0 Å². The van der Waals surface area contributed by atoms with E-state index in [0.29, 0.717) is 19.4 Å². The topological polar surface area (TPSA) is 75.4 Å². The van der Waals surface area contributed by atoms with Crippen LogP contribution < -0.4 is 5.32 Å². The van der Waals surface area contributed by atoms with Gasteiger partial charge in [-0.05, 0) is 34.8 Å². The molecular formula is C11H14BrFN2O3. The number of aliphatic hydroxyl groups is 1. The first-order valence-electron chi connectivity index (χ1n) is 5.51. The van der Waals surface area contributed by atoms with Gasteiger partial charge >= 0.3 is 0 Å². The maximum Gasteiger partial charge on any atom is 0.295 e. The number of benzene rings is 1. The summed E-state index contributed by atoms with van der Waals surface area (Å²) in [6.07, 6.45) is 0.653. The second-order valence-corrected chi connectivity index (χ2v) is 4.67. The quantitative estimate of drug-likeness (QED) is 0.624. The van der Waals surface area contributed by atoms with E-state index in [1.165, 1.54) is 6.07 Å². The summed E-state index contributed by atoms with van der Waals surface area (Å²) in [7, 11) is 0. The van der Waals surface area contributed by atoms with Crippen molar-refractivity contribution in [2.75, 3.05) is 11.9 Å². The smallest absolute Gasteiger partial charge is 0.295 e. The van der Waals surface area contributed by atoms with Crippen molar-refractivity contribution in [3.05, 3.63) is 32.5 Å². The van der Waals surface area contributed by atoms with Crippen molar-refractivity contribution in [3.8, 4) is 0 Å². The number of rotatable bonds is 6. The van der Waals surface area contributed by atoms with Crippen LogP contribution in [0.4, 0.5) is 15.8 Å². The predicted octanol–water partition coefficient (Wildman–Crippen LogP) is 3.07. The largest absolute Gasteiger partial charge is 0.393 e. The average molecular weight is 321 g/mol. The lowest BCUT2D eigenvalue weighted by atomic mass is 10.2. The molecule has 5 nitrogen and oxygen atoms in total. The molecule has 1 atom stereocenters. The van der Waals surface area contributed by atoms with Crippen LogP contribution in [0.15, 0.2) is 16.6 Å². The van der Waals surface area contributed by atoms with E-state index in [2.05, 4.69) is 21.2 Å². The highest BCUT2D eigenvalue weighted by molar-refractivity contribution is 9.10. The van der Waals surface area contributed by atoms with E-state index in [0.717, 1.165) is 6.07 Å². The lowest BCUT2D eigenvalue weighted by Crippen LogP contribution is -2.13. The van der Waals surface area contributed by atoms with Crippen molar-refractivity contribution in [3.63, 3.8) is 0 Å². The van der Waals surface area contributed by atoms with Gasteiger partial charge < -0.3 is 10.4 Å². The molecule has 0 heterocycles. The van der Waals surface area contributed by atoms with Crippen LogP contribution in [0.2, 0.25) is 0 Å². The Morgan fingerprint density at radius 3 is 2.83 bits per heavy atom. The standard InChI is InChI=1S/C11H14BrFN2O3/c1-2-7(16)3-4-14-10-5-8(12)9(13)6-11(10)15(17)18/h5-7,14,16H,2-4H2,1H3. The third-order valence-corrected chi connectivity index (χ3v) is 3.11. The van der Waals surface area contributed by atoms with Gasteiger partial charge in [0.15, 0.2) is 0 Å². The molecule has 0 amide bonds. The van der Waals surface area contributed by atoms with E-state index in [4.69, 9.17) is 0 Å². The number of halogens is 2. The summed E-state index contributed by atoms with van der Waals surface area (Å²) in [5.41, 5.74) is -0.0849. The van der Waals surface area contributed by atoms with Gasteiger partial charge in [-0.1, -0.05) is 6.92 Å². The molecule has 7 heteroatoms. The molecule has 0 saturated carbocycles. The third-order valence-electron chi connectivity index (χ3n) is 2.50. The number of hydrogen-bond acceptors (Lipinski definition) is 4. The van der Waals surface area contributed by atoms with Crippen LogP contribution in [0, 0.1) is 15.9 Å². The van der Waals surface area contributed by atoms with Crippen molar-refractivity contribution in [2.24, 2.45) is 0 Å². The molecule has 0 saturated heterocycles. The Morgan fingerprint density at radius 1 is 1.61 bits per heavy atom. The second kappa shape index (κ2) is 6.65. The first-order valence-corrected chi connectivity index (χ1v) is 6.30. The van der Waals surface area contributed by atoms with Gasteiger partial charge in [-0.3, -0.25) is 10.1 Å². The number of aliphatic hydroxyl groups excluding tert-OH is 1. The molecule has 18 heavy (non-hydrogen) atoms. The maximum atomic E-state index is 13.2. The van der Waals surface area contributed by atoms with Crippen LogP contribution in [0.25, 0.3) is 0 Å². The Balaban J connectivity index is 2.80. The van der Waals surface area contributed by atoms with Gasteiger partial charge in [0.25, 0.3) is 5.69 Å². The zero-order valence-electron chi connectivity index (χ0n) is 9.82. The summed E-state index contributed by atoms with van der Waals surface area (Å²) in [4.78, 5) is 10.1. The summed E-state index contributed by atoms with van der Waals surface area (Å²) in [5, 5.41) is 23.0. The van der Waals surface area contributed by atoms with Gasteiger partial charge in [-0.25, -0.2) is 4.39 Å². The van der Waals surface area contributed by atoms with Gasteiger partial charge in [0.2, 0.25) is 0 Å². The Bertz CT molecular complexity index is 443. The first-order chi connectivity index (χ1) is 8.45. The highest BCUT2D eigenvalue weighted by Gasteiger charge is 2.17. The van der Waals surface area contributed by atoms with E-state index < -0.39 is 16.8 Å². The minimum absolute atomic E-state index is 0.159. The van der Waals surface area contributed by atoms with Crippen molar-refractivity contribution >= 4 is 27.3 Å². The highest BCUT2D eigenvalue weighted by Crippen LogP contribution is 2.30. The summed E-state index contributed by atoms with van der Waals surface area (Å²) in [6, 6.07) is 2.19. The fraction of sp³-hybridized carbons (Fsp3) is 0.455. The lowest BCUT2D eigenvalue weighted by molar-refractivity contribution is -0.384. The molecule has 100 valence electrons. The Kier molecular flexibility index (Phi) is 5.49. The molecular weight excluding hydrogens is 307 g/mol. The van der Waals surface area contributed by atoms with Crippen LogP contribution in [-0.4, -0.2) is 22.7 Å². The molecule has 0 aliphatic carbocycles. The van der Waals surface area contributed by atoms with E-state index in [-0.39, 0.29) is 15.8 Å². The van der Waals surface area contributed by atoms with Crippen LogP contribution in [-0.2, 0) is 0 Å². The van der Waals surface area contributed by atoms with E-state index in [9.17, 15) is 19.6 Å². The molecule has 1 rings (SSSR count). The molecule has 2 N–H and O–H groups in total. The molecule has 0 fully saturated rings. The number of anilines is 1. The van der Waals surface area contributed by atoms with Gasteiger partial charge in [0.1, 0.15) is 11.5 Å². The summed E-state index contributed by atoms with van der Waals surface area (Å²) in [5.74, 6) is -0.680. The minimum Gasteiger partial charge on any atom is -0.393 e. The SMILES string of the molecule is CCC(O)CCNc1cc(Br)c(F)cc1[N+](=O)[O-]. The fourth-order valence-electron chi connectivity index (χ4n) is 1.41. The summed E-state index contributed by atoms with van der Waals surface area (Å²) >= 11 is 2.98. The van der Waals surface area contributed by atoms with Crippen LogP contribution in [0.3, 0.4) is 0 Å². The first kappa shape index (κ1) is 14.8. The van der Waals surface area contributed by atoms with Crippen molar-refractivity contribution in [1.82, 2.24) is 0 Å². The van der Waals surface area contributed by atoms with Gasteiger partial charge in [-0.15, -0.1) is 0 Å². The fourth-order valence-corrected chi connectivity index (χ4v) is 1.75. The number of nitrogens with zero attached hydrogens (tertiary/aromatic N) is 1. The van der Waals surface area contributed by atoms with Crippen LogP contribution in [0.1, 0.15) is 19.8 Å². The second-order valence-electron chi connectivity index (χ2n) is 3.82. The maximum absolute atomic E-state index is 13.2. The Hall–Kier alpha value is -1.21. The van der Waals surface area contributed by atoms with E-state index >= 15 is 0 Å². The van der Waals surface area contributed by atoms with Crippen molar-refractivity contribution < 1.29 is 14.4 Å². The molecule has 0 bridgehead atoms. The number of nitro groups is 1. The number of nitro benzene ring substituents is 1. The summed E-state index contributed by atoms with van der Waals surface area (Å²) in [6.45, 7) is 2.23. The van der Waals surface area contributed by atoms with Crippen molar-refractivity contribution in [2.45, 2.75) is 25.9 Å². The summed E-state index contributed by atoms with van der Waals surface area (Å²) < 4.78 is 13.4. The van der Waals surface area contributed by atoms with Crippen LogP contribution >= 0.6 is 15.9 Å². The number of nitrogens with one attached hydrogen (secondary N) is 1. The number of hydrogen-bond donors (Lipinski definition) is 2. The van der Waals surface area contributed by atoms with Crippen molar-refractivity contribution in [1.29, 1.82) is 0 Å². The highest BCUT2D eigenvalue weighted by atomic mass is 79.9. The molecule has 1 aromatic rings. The molecule has 0 aliphatic rings. The van der Waals surface area contributed by atoms with Crippen LogP contribution in [0.5, 0.6) is 0 Å². The normalized spacial score (nSPS) is 12.2. The molecule has 1 unspecified atom stereocenters. The zero-order chi connectivity index (χ0) is 13.7. The predicted molar refractivity (Wildman–Crippen MR) is 70.2 cm³/mol. The van der Waals surface area contributed by atoms with E-state index in [1.807, 2.05) is 6.92 Å². The Morgan fingerprint density at radius 2 is 2.28 bits per heavy atom. The monoisotopic (exact) mass is 320 g/mol. The van der Waals surface area contributed by atoms with Gasteiger partial charge in [0.05, 0.1) is 21.6 Å². The molecule has 0 aromatic heterocycles. The molecule has 0 radical (unpaired) electrons. The molecule has 0 spiro atoms. The van der Waals surface area contributed by atoms with Gasteiger partial charge in [0, 0.05) is 6.54 Å².